The van der Waals surface area contributed by atoms with E-state index in [9.17, 15) is 4.79 Å². The molecule has 2 N–H and O–H groups in total. The number of para-hydroxylation sites is 2. The van der Waals surface area contributed by atoms with E-state index in [1.807, 2.05) is 12.1 Å². The molecular formula is C21H35Cl2N3O2. The van der Waals surface area contributed by atoms with E-state index in [1.165, 1.54) is 12.8 Å². The van der Waals surface area contributed by atoms with E-state index in [0.29, 0.717) is 24.2 Å². The quantitative estimate of drug-likeness (QED) is 0.693. The van der Waals surface area contributed by atoms with E-state index in [4.69, 9.17) is 4.74 Å². The largest absolute Gasteiger partial charge is 0.495 e. The van der Waals surface area contributed by atoms with Crippen LogP contribution in [0.15, 0.2) is 24.3 Å². The fourth-order valence-electron chi connectivity index (χ4n) is 4.26. The molecule has 0 radical (unpaired) electrons. The Balaban J connectivity index is 0.00000196. The van der Waals surface area contributed by atoms with Crippen molar-refractivity contribution in [3.63, 3.8) is 0 Å². The minimum absolute atomic E-state index is 0. The fraction of sp³-hybridized carbons (Fsp3) is 0.667. The summed E-state index contributed by atoms with van der Waals surface area (Å²) in [5, 5.41) is 6.63. The zero-order valence-electron chi connectivity index (χ0n) is 17.0. The summed E-state index contributed by atoms with van der Waals surface area (Å²) in [4.78, 5) is 14.7. The Bertz CT molecular complexity index is 597. The molecule has 1 aromatic carbocycles. The third-order valence-electron chi connectivity index (χ3n) is 5.95. The van der Waals surface area contributed by atoms with E-state index < -0.39 is 0 Å². The number of carbonyl (C=O) groups excluding carboxylic acids is 1. The molecule has 2 saturated heterocycles. The maximum atomic E-state index is 12.3. The number of anilines is 1. The lowest BCUT2D eigenvalue weighted by Crippen LogP contribution is -2.36. The molecule has 160 valence electrons. The van der Waals surface area contributed by atoms with Gasteiger partial charge in [0.1, 0.15) is 5.75 Å². The molecule has 2 aliphatic rings. The molecule has 0 aromatic heterocycles. The normalized spacial score (nSPS) is 22.6. The number of hydrogen-bond donors (Lipinski definition) is 2. The number of benzene rings is 1. The van der Waals surface area contributed by atoms with Gasteiger partial charge in [0.25, 0.3) is 0 Å². The number of piperidine rings is 1. The highest BCUT2D eigenvalue weighted by atomic mass is 35.5. The van der Waals surface area contributed by atoms with Crippen molar-refractivity contribution in [3.05, 3.63) is 24.3 Å². The van der Waals surface area contributed by atoms with Crippen LogP contribution in [0.4, 0.5) is 5.69 Å². The first-order valence-electron chi connectivity index (χ1n) is 10.0. The van der Waals surface area contributed by atoms with Crippen LogP contribution in [0, 0.1) is 17.8 Å². The molecule has 2 heterocycles. The first kappa shape index (κ1) is 24.9. The summed E-state index contributed by atoms with van der Waals surface area (Å²) in [5.41, 5.74) is 1.15. The van der Waals surface area contributed by atoms with Crippen molar-refractivity contribution in [3.8, 4) is 5.75 Å². The molecule has 0 aliphatic carbocycles. The molecule has 2 fully saturated rings. The van der Waals surface area contributed by atoms with Gasteiger partial charge in [0, 0.05) is 26.1 Å². The van der Waals surface area contributed by atoms with E-state index in [-0.39, 0.29) is 30.7 Å². The monoisotopic (exact) mass is 431 g/mol. The Morgan fingerprint density at radius 1 is 1.32 bits per heavy atom. The zero-order chi connectivity index (χ0) is 18.4. The summed E-state index contributed by atoms with van der Waals surface area (Å²) in [7, 11) is 1.72. The average Bonchev–Trinajstić information content (AvgIpc) is 3.16. The second-order valence-corrected chi connectivity index (χ2v) is 7.86. The van der Waals surface area contributed by atoms with Crippen LogP contribution < -0.4 is 20.3 Å². The van der Waals surface area contributed by atoms with Gasteiger partial charge in [-0.3, -0.25) is 4.79 Å². The summed E-state index contributed by atoms with van der Waals surface area (Å²) in [6, 6.07) is 8.17. The van der Waals surface area contributed by atoms with E-state index in [0.717, 1.165) is 50.6 Å². The Labute approximate surface area is 181 Å². The highest BCUT2D eigenvalue weighted by molar-refractivity contribution is 5.85. The van der Waals surface area contributed by atoms with Crippen LogP contribution in [0.1, 0.15) is 32.6 Å². The molecule has 3 unspecified atom stereocenters. The first-order valence-corrected chi connectivity index (χ1v) is 10.0. The third-order valence-corrected chi connectivity index (χ3v) is 5.95. The highest BCUT2D eigenvalue weighted by Crippen LogP contribution is 2.31. The van der Waals surface area contributed by atoms with Gasteiger partial charge >= 0.3 is 0 Å². The predicted octanol–water partition coefficient (Wildman–Crippen LogP) is 3.51. The van der Waals surface area contributed by atoms with Gasteiger partial charge in [0.2, 0.25) is 5.91 Å². The molecule has 1 amide bonds. The van der Waals surface area contributed by atoms with Crippen LogP contribution in [0.3, 0.4) is 0 Å². The van der Waals surface area contributed by atoms with E-state index in [2.05, 4.69) is 34.6 Å². The lowest BCUT2D eigenvalue weighted by molar-refractivity contribution is -0.122. The molecule has 5 nitrogen and oxygen atoms in total. The number of ether oxygens (including phenoxy) is 1. The summed E-state index contributed by atoms with van der Waals surface area (Å²) < 4.78 is 5.48. The number of nitrogens with one attached hydrogen (secondary N) is 2. The summed E-state index contributed by atoms with van der Waals surface area (Å²) in [5.74, 6) is 2.74. The summed E-state index contributed by atoms with van der Waals surface area (Å²) in [6.07, 6.45) is 4.24. The third kappa shape index (κ3) is 6.71. The van der Waals surface area contributed by atoms with Crippen molar-refractivity contribution in [1.29, 1.82) is 0 Å². The Morgan fingerprint density at radius 2 is 2.11 bits per heavy atom. The zero-order valence-corrected chi connectivity index (χ0v) is 18.6. The molecule has 3 atom stereocenters. The molecule has 3 rings (SSSR count). The van der Waals surface area contributed by atoms with Gasteiger partial charge in [-0.2, -0.15) is 0 Å². The standard InChI is InChI=1S/C21H33N3O2.2ClH/c1-16(18-6-5-10-22-14-18)12-21(25)23-13-17-9-11-24(15-17)19-7-3-4-8-20(19)26-2;;/h3-4,7-8,16-18,22H,5-6,9-15H2,1-2H3,(H,23,25);2*1H. The van der Waals surface area contributed by atoms with Gasteiger partial charge < -0.3 is 20.3 Å². The summed E-state index contributed by atoms with van der Waals surface area (Å²) in [6.45, 7) is 7.18. The molecule has 0 saturated carbocycles. The minimum Gasteiger partial charge on any atom is -0.495 e. The summed E-state index contributed by atoms with van der Waals surface area (Å²) >= 11 is 0. The van der Waals surface area contributed by atoms with Crippen LogP contribution in [-0.2, 0) is 4.79 Å². The van der Waals surface area contributed by atoms with Gasteiger partial charge in [-0.05, 0) is 62.2 Å². The van der Waals surface area contributed by atoms with Gasteiger partial charge in [-0.25, -0.2) is 0 Å². The molecule has 7 heteroatoms. The van der Waals surface area contributed by atoms with Crippen molar-refractivity contribution < 1.29 is 9.53 Å². The second-order valence-electron chi connectivity index (χ2n) is 7.86. The molecule has 0 spiro atoms. The van der Waals surface area contributed by atoms with Crippen molar-refractivity contribution >= 4 is 36.4 Å². The number of hydrogen-bond acceptors (Lipinski definition) is 4. The Kier molecular flexibility index (Phi) is 11.0. The first-order chi connectivity index (χ1) is 12.7. The Hall–Kier alpha value is -1.17. The topological polar surface area (TPSA) is 53.6 Å². The van der Waals surface area contributed by atoms with Gasteiger partial charge in [0.05, 0.1) is 12.8 Å². The minimum atomic E-state index is 0. The SMILES string of the molecule is COc1ccccc1N1CCC(CNC(=O)CC(C)C2CCCNC2)C1.Cl.Cl. The van der Waals surface area contributed by atoms with Crippen molar-refractivity contribution in [1.82, 2.24) is 10.6 Å². The van der Waals surface area contributed by atoms with Crippen LogP contribution >= 0.6 is 24.8 Å². The number of amides is 1. The van der Waals surface area contributed by atoms with E-state index in [1.54, 1.807) is 7.11 Å². The van der Waals surface area contributed by atoms with Gasteiger partial charge in [0.15, 0.2) is 0 Å². The molecule has 0 bridgehead atoms. The van der Waals surface area contributed by atoms with Gasteiger partial charge in [-0.15, -0.1) is 24.8 Å². The number of methoxy groups -OCH3 is 1. The predicted molar refractivity (Wildman–Crippen MR) is 120 cm³/mol. The van der Waals surface area contributed by atoms with Crippen LogP contribution in [-0.4, -0.2) is 45.7 Å². The number of carbonyl (C=O) groups is 1. The smallest absolute Gasteiger partial charge is 0.220 e. The Morgan fingerprint density at radius 3 is 2.82 bits per heavy atom. The number of rotatable bonds is 7. The van der Waals surface area contributed by atoms with Crippen molar-refractivity contribution in [2.45, 2.75) is 32.6 Å². The number of halogens is 2. The molecule has 1 aromatic rings. The molecule has 2 aliphatic heterocycles. The van der Waals surface area contributed by atoms with Crippen LogP contribution in [0.25, 0.3) is 0 Å². The van der Waals surface area contributed by atoms with Crippen molar-refractivity contribution in [2.24, 2.45) is 17.8 Å². The lowest BCUT2D eigenvalue weighted by Gasteiger charge is -2.28. The van der Waals surface area contributed by atoms with Crippen LogP contribution in [0.5, 0.6) is 5.75 Å². The fourth-order valence-corrected chi connectivity index (χ4v) is 4.26. The molecule has 28 heavy (non-hydrogen) atoms. The van der Waals surface area contributed by atoms with Crippen molar-refractivity contribution in [2.75, 3.05) is 44.7 Å². The van der Waals surface area contributed by atoms with Crippen LogP contribution in [0.2, 0.25) is 0 Å². The maximum absolute atomic E-state index is 12.3. The van der Waals surface area contributed by atoms with E-state index >= 15 is 0 Å². The second kappa shape index (κ2) is 12.4. The lowest BCUT2D eigenvalue weighted by atomic mass is 9.85. The maximum Gasteiger partial charge on any atom is 0.220 e. The van der Waals surface area contributed by atoms with Gasteiger partial charge in [-0.1, -0.05) is 19.1 Å². The highest BCUT2D eigenvalue weighted by Gasteiger charge is 2.26. The number of nitrogens with zero attached hydrogens (tertiary/aromatic N) is 1. The average molecular weight is 432 g/mol. The molecular weight excluding hydrogens is 397 g/mol.